The molecule has 0 amide bonds. The lowest BCUT2D eigenvalue weighted by Gasteiger charge is -2.29. The first kappa shape index (κ1) is 16.0. The van der Waals surface area contributed by atoms with Gasteiger partial charge in [0.05, 0.1) is 7.11 Å². The fourth-order valence-corrected chi connectivity index (χ4v) is 2.44. The van der Waals surface area contributed by atoms with Crippen LogP contribution >= 0.6 is 0 Å². The van der Waals surface area contributed by atoms with Crippen molar-refractivity contribution in [2.45, 2.75) is 33.1 Å². The Morgan fingerprint density at radius 2 is 1.84 bits per heavy atom. The van der Waals surface area contributed by atoms with Gasteiger partial charge in [-0.25, -0.2) is 0 Å². The third-order valence-corrected chi connectivity index (χ3v) is 3.47. The highest BCUT2D eigenvalue weighted by Gasteiger charge is 2.25. The van der Waals surface area contributed by atoms with Crippen molar-refractivity contribution in [2.24, 2.45) is 0 Å². The Morgan fingerprint density at radius 3 is 2.42 bits per heavy atom. The van der Waals surface area contributed by atoms with Crippen LogP contribution in [-0.4, -0.2) is 33.8 Å². The summed E-state index contributed by atoms with van der Waals surface area (Å²) in [6.45, 7) is 11.7. The van der Waals surface area contributed by atoms with Crippen molar-refractivity contribution in [3.8, 4) is 5.75 Å². The van der Waals surface area contributed by atoms with E-state index in [1.54, 1.807) is 7.11 Å². The first-order valence-electron chi connectivity index (χ1n) is 6.93. The summed E-state index contributed by atoms with van der Waals surface area (Å²) in [5, 5.41) is 6.64. The number of ether oxygens (including phenoxy) is 1. The van der Waals surface area contributed by atoms with Crippen LogP contribution in [0.4, 0.5) is 0 Å². The van der Waals surface area contributed by atoms with E-state index in [2.05, 4.69) is 50.5 Å². The van der Waals surface area contributed by atoms with Crippen LogP contribution in [-0.2, 0) is 5.41 Å². The lowest BCUT2D eigenvalue weighted by Crippen LogP contribution is -2.36. The third-order valence-electron chi connectivity index (χ3n) is 3.47. The van der Waals surface area contributed by atoms with Crippen molar-refractivity contribution in [2.75, 3.05) is 33.8 Å². The van der Waals surface area contributed by atoms with Crippen molar-refractivity contribution < 1.29 is 4.74 Å². The molecule has 0 bridgehead atoms. The lowest BCUT2D eigenvalue weighted by atomic mass is 9.82. The van der Waals surface area contributed by atoms with Crippen molar-refractivity contribution in [3.63, 3.8) is 0 Å². The highest BCUT2D eigenvalue weighted by atomic mass is 16.5. The summed E-state index contributed by atoms with van der Waals surface area (Å²) >= 11 is 0. The minimum atomic E-state index is 0.0515. The maximum atomic E-state index is 5.60. The Bertz CT molecular complexity index is 413. The van der Waals surface area contributed by atoms with Crippen LogP contribution in [0.1, 0.15) is 30.5 Å². The highest BCUT2D eigenvalue weighted by molar-refractivity contribution is 5.47. The van der Waals surface area contributed by atoms with E-state index in [9.17, 15) is 0 Å². The molecule has 19 heavy (non-hydrogen) atoms. The van der Waals surface area contributed by atoms with Gasteiger partial charge in [-0.1, -0.05) is 31.5 Å². The Hall–Kier alpha value is -1.06. The quantitative estimate of drug-likeness (QED) is 0.742. The summed E-state index contributed by atoms with van der Waals surface area (Å²) < 4.78 is 5.60. The van der Waals surface area contributed by atoms with Crippen LogP contribution < -0.4 is 15.4 Å². The molecule has 0 aliphatic rings. The topological polar surface area (TPSA) is 33.3 Å². The molecule has 0 aliphatic heterocycles. The van der Waals surface area contributed by atoms with Gasteiger partial charge >= 0.3 is 0 Å². The highest BCUT2D eigenvalue weighted by Crippen LogP contribution is 2.34. The SMILES string of the molecule is CNCCNCC(C)(C)c1cc(C)cc(C)c1OC. The van der Waals surface area contributed by atoms with E-state index < -0.39 is 0 Å². The fourth-order valence-electron chi connectivity index (χ4n) is 2.44. The van der Waals surface area contributed by atoms with Crippen molar-refractivity contribution in [1.29, 1.82) is 0 Å². The molecule has 3 nitrogen and oxygen atoms in total. The minimum Gasteiger partial charge on any atom is -0.496 e. The third kappa shape index (κ3) is 4.22. The summed E-state index contributed by atoms with van der Waals surface area (Å²) in [6, 6.07) is 4.42. The molecule has 0 atom stereocenters. The van der Waals surface area contributed by atoms with Crippen LogP contribution in [0.5, 0.6) is 5.75 Å². The number of methoxy groups -OCH3 is 1. The summed E-state index contributed by atoms with van der Waals surface area (Å²) in [7, 11) is 3.73. The average molecular weight is 264 g/mol. The van der Waals surface area contributed by atoms with Gasteiger partial charge in [0.25, 0.3) is 0 Å². The van der Waals surface area contributed by atoms with Gasteiger partial charge in [-0.3, -0.25) is 0 Å². The molecule has 1 aromatic rings. The second-order valence-corrected chi connectivity index (χ2v) is 5.83. The van der Waals surface area contributed by atoms with E-state index in [1.807, 2.05) is 7.05 Å². The van der Waals surface area contributed by atoms with Crippen LogP contribution in [0.25, 0.3) is 0 Å². The molecule has 0 unspecified atom stereocenters. The molecule has 3 heteroatoms. The van der Waals surface area contributed by atoms with Gasteiger partial charge in [0.2, 0.25) is 0 Å². The van der Waals surface area contributed by atoms with Gasteiger partial charge in [-0.05, 0) is 26.5 Å². The Balaban J connectivity index is 2.93. The van der Waals surface area contributed by atoms with E-state index in [0.29, 0.717) is 0 Å². The zero-order valence-corrected chi connectivity index (χ0v) is 13.2. The van der Waals surface area contributed by atoms with Gasteiger partial charge < -0.3 is 15.4 Å². The maximum absolute atomic E-state index is 5.60. The first-order chi connectivity index (χ1) is 8.92. The lowest BCUT2D eigenvalue weighted by molar-refractivity contribution is 0.383. The summed E-state index contributed by atoms with van der Waals surface area (Å²) in [5.41, 5.74) is 3.83. The minimum absolute atomic E-state index is 0.0515. The summed E-state index contributed by atoms with van der Waals surface area (Å²) in [4.78, 5) is 0. The molecule has 1 rings (SSSR count). The number of aryl methyl sites for hydroxylation is 2. The van der Waals surface area contributed by atoms with Crippen molar-refractivity contribution in [3.05, 3.63) is 28.8 Å². The molecule has 0 saturated carbocycles. The van der Waals surface area contributed by atoms with Gasteiger partial charge in [-0.15, -0.1) is 0 Å². The number of rotatable bonds is 7. The molecule has 2 N–H and O–H groups in total. The zero-order chi connectivity index (χ0) is 14.5. The van der Waals surface area contributed by atoms with Gasteiger partial charge in [0.1, 0.15) is 5.75 Å². The van der Waals surface area contributed by atoms with Crippen LogP contribution in [0.3, 0.4) is 0 Å². The predicted molar refractivity (Wildman–Crippen MR) is 82.3 cm³/mol. The molecule has 0 spiro atoms. The first-order valence-corrected chi connectivity index (χ1v) is 6.93. The predicted octanol–water partition coefficient (Wildman–Crippen LogP) is 2.40. The van der Waals surface area contributed by atoms with E-state index >= 15 is 0 Å². The largest absolute Gasteiger partial charge is 0.496 e. The average Bonchev–Trinajstić information content (AvgIpc) is 2.34. The smallest absolute Gasteiger partial charge is 0.125 e. The van der Waals surface area contributed by atoms with E-state index in [1.165, 1.54) is 16.7 Å². The fraction of sp³-hybridized carbons (Fsp3) is 0.625. The molecule has 108 valence electrons. The zero-order valence-electron chi connectivity index (χ0n) is 13.2. The van der Waals surface area contributed by atoms with E-state index in [0.717, 1.165) is 25.4 Å². The van der Waals surface area contributed by atoms with Gasteiger partial charge in [-0.2, -0.15) is 0 Å². The molecule has 0 fully saturated rings. The monoisotopic (exact) mass is 264 g/mol. The molecule has 0 saturated heterocycles. The molecule has 0 radical (unpaired) electrons. The number of nitrogens with one attached hydrogen (secondary N) is 2. The number of benzene rings is 1. The van der Waals surface area contributed by atoms with Crippen LogP contribution in [0.15, 0.2) is 12.1 Å². The molecule has 1 aromatic carbocycles. The van der Waals surface area contributed by atoms with Crippen LogP contribution in [0, 0.1) is 13.8 Å². The molecule has 0 heterocycles. The second kappa shape index (κ2) is 6.92. The Morgan fingerprint density at radius 1 is 1.16 bits per heavy atom. The summed E-state index contributed by atoms with van der Waals surface area (Å²) in [5.74, 6) is 1.02. The van der Waals surface area contributed by atoms with Gasteiger partial charge in [0, 0.05) is 30.6 Å². The standard InChI is InChI=1S/C16H28N2O/c1-12-9-13(2)15(19-6)14(10-12)16(3,4)11-18-8-7-17-5/h9-10,17-18H,7-8,11H2,1-6H3. The Labute approximate surface area is 117 Å². The summed E-state index contributed by atoms with van der Waals surface area (Å²) in [6.07, 6.45) is 0. The molecule has 0 aliphatic carbocycles. The molecular weight excluding hydrogens is 236 g/mol. The number of likely N-dealkylation sites (N-methyl/N-ethyl adjacent to an activating group) is 1. The molecule has 0 aromatic heterocycles. The van der Waals surface area contributed by atoms with Crippen molar-refractivity contribution >= 4 is 0 Å². The van der Waals surface area contributed by atoms with E-state index in [4.69, 9.17) is 4.74 Å². The maximum Gasteiger partial charge on any atom is 0.125 e. The number of hydrogen-bond donors (Lipinski definition) is 2. The van der Waals surface area contributed by atoms with Gasteiger partial charge in [0.15, 0.2) is 0 Å². The van der Waals surface area contributed by atoms with Crippen molar-refractivity contribution in [1.82, 2.24) is 10.6 Å². The Kier molecular flexibility index (Phi) is 5.83. The molecular formula is C16H28N2O. The van der Waals surface area contributed by atoms with Crippen LogP contribution in [0.2, 0.25) is 0 Å². The normalized spacial score (nSPS) is 11.7. The second-order valence-electron chi connectivity index (χ2n) is 5.83. The van der Waals surface area contributed by atoms with E-state index in [-0.39, 0.29) is 5.41 Å². The number of hydrogen-bond acceptors (Lipinski definition) is 3.